The molecule has 1 aliphatic heterocycles. The van der Waals surface area contributed by atoms with Gasteiger partial charge in [0, 0.05) is 31.5 Å². The van der Waals surface area contributed by atoms with Crippen LogP contribution in [0.15, 0.2) is 54.9 Å². The number of hydrogen-bond donors (Lipinski definition) is 1. The molecule has 1 aliphatic rings. The number of ether oxygens (including phenoxy) is 1. The van der Waals surface area contributed by atoms with Crippen LogP contribution < -0.4 is 5.32 Å². The number of hydrogen-bond acceptors (Lipinski definition) is 4. The van der Waals surface area contributed by atoms with Crippen LogP contribution in [0.4, 0.5) is 4.79 Å². The van der Waals surface area contributed by atoms with Crippen LogP contribution in [0.1, 0.15) is 36.8 Å². The number of carbonyl (C=O) groups excluding carboxylic acids is 2. The molecule has 1 unspecified atom stereocenters. The molecule has 148 valence electrons. The largest absolute Gasteiger partial charge is 0.450 e. The number of rotatable bonds is 6. The number of aromatic nitrogens is 1. The van der Waals surface area contributed by atoms with Crippen LogP contribution in [0.5, 0.6) is 0 Å². The first-order valence-electron chi connectivity index (χ1n) is 9.83. The summed E-state index contributed by atoms with van der Waals surface area (Å²) in [6.45, 7) is 3.38. The van der Waals surface area contributed by atoms with Crippen molar-refractivity contribution in [1.29, 1.82) is 0 Å². The monoisotopic (exact) mass is 381 g/mol. The Bertz CT molecular complexity index is 759. The molecule has 2 aromatic rings. The Hall–Kier alpha value is -2.89. The number of pyridine rings is 1. The van der Waals surface area contributed by atoms with E-state index >= 15 is 0 Å². The number of nitrogens with zero attached hydrogens (tertiary/aromatic N) is 2. The molecule has 2 amide bonds. The van der Waals surface area contributed by atoms with E-state index in [1.807, 2.05) is 42.5 Å². The summed E-state index contributed by atoms with van der Waals surface area (Å²) in [7, 11) is 0. The molecular weight excluding hydrogens is 354 g/mol. The van der Waals surface area contributed by atoms with Crippen LogP contribution in [-0.4, -0.2) is 47.6 Å². The van der Waals surface area contributed by atoms with E-state index in [0.717, 1.165) is 24.0 Å². The van der Waals surface area contributed by atoms with E-state index in [1.54, 1.807) is 24.2 Å². The average Bonchev–Trinajstić information content (AvgIpc) is 2.74. The van der Waals surface area contributed by atoms with E-state index in [0.29, 0.717) is 26.1 Å². The highest BCUT2D eigenvalue weighted by Gasteiger charge is 2.28. The van der Waals surface area contributed by atoms with E-state index in [2.05, 4.69) is 10.3 Å². The lowest BCUT2D eigenvalue weighted by molar-refractivity contribution is -0.123. The van der Waals surface area contributed by atoms with E-state index in [4.69, 9.17) is 4.74 Å². The second kappa shape index (κ2) is 9.88. The van der Waals surface area contributed by atoms with Gasteiger partial charge in [0.05, 0.1) is 12.5 Å². The topological polar surface area (TPSA) is 71.5 Å². The van der Waals surface area contributed by atoms with Crippen LogP contribution >= 0.6 is 0 Å². The molecule has 3 rings (SSSR count). The van der Waals surface area contributed by atoms with Crippen LogP contribution in [0.25, 0.3) is 0 Å². The van der Waals surface area contributed by atoms with E-state index in [-0.39, 0.29) is 24.0 Å². The average molecular weight is 381 g/mol. The van der Waals surface area contributed by atoms with Gasteiger partial charge in [-0.25, -0.2) is 4.79 Å². The first-order chi connectivity index (χ1) is 13.7. The van der Waals surface area contributed by atoms with Gasteiger partial charge in [-0.2, -0.15) is 0 Å². The predicted octanol–water partition coefficient (Wildman–Crippen LogP) is 3.15. The SMILES string of the molecule is CCOC(=O)N1CCC(NC(=O)C(Cc2cccnc2)c2ccccc2)CC1. The molecule has 0 bridgehead atoms. The van der Waals surface area contributed by atoms with Crippen molar-refractivity contribution in [2.45, 2.75) is 38.1 Å². The zero-order valence-electron chi connectivity index (χ0n) is 16.2. The number of benzene rings is 1. The normalized spacial score (nSPS) is 15.7. The Morgan fingerprint density at radius 3 is 2.57 bits per heavy atom. The molecule has 0 aliphatic carbocycles. The molecule has 1 fully saturated rings. The minimum absolute atomic E-state index is 0.0182. The molecule has 0 radical (unpaired) electrons. The van der Waals surface area contributed by atoms with Gasteiger partial charge in [0.1, 0.15) is 0 Å². The van der Waals surface area contributed by atoms with Gasteiger partial charge >= 0.3 is 6.09 Å². The first kappa shape index (κ1) is 19.9. The molecule has 6 nitrogen and oxygen atoms in total. The number of piperidine rings is 1. The Labute approximate surface area is 165 Å². The van der Waals surface area contributed by atoms with Crippen molar-refractivity contribution in [3.8, 4) is 0 Å². The molecule has 6 heteroatoms. The molecule has 0 spiro atoms. The Morgan fingerprint density at radius 1 is 1.18 bits per heavy atom. The number of carbonyl (C=O) groups is 2. The molecule has 0 saturated carbocycles. The van der Waals surface area contributed by atoms with Crippen LogP contribution in [0.3, 0.4) is 0 Å². The predicted molar refractivity (Wildman–Crippen MR) is 107 cm³/mol. The lowest BCUT2D eigenvalue weighted by Gasteiger charge is -2.32. The summed E-state index contributed by atoms with van der Waals surface area (Å²) in [6.07, 6.45) is 5.34. The van der Waals surface area contributed by atoms with E-state index < -0.39 is 0 Å². The van der Waals surface area contributed by atoms with Crippen molar-refractivity contribution in [2.24, 2.45) is 0 Å². The summed E-state index contributed by atoms with van der Waals surface area (Å²) in [5.74, 6) is -0.252. The summed E-state index contributed by atoms with van der Waals surface area (Å²) in [4.78, 5) is 30.8. The van der Waals surface area contributed by atoms with Crippen molar-refractivity contribution < 1.29 is 14.3 Å². The number of amides is 2. The molecule has 1 aromatic carbocycles. The number of nitrogens with one attached hydrogen (secondary N) is 1. The van der Waals surface area contributed by atoms with Gasteiger partial charge in [0.15, 0.2) is 0 Å². The minimum atomic E-state index is -0.272. The highest BCUT2D eigenvalue weighted by atomic mass is 16.6. The van der Waals surface area contributed by atoms with Crippen molar-refractivity contribution in [1.82, 2.24) is 15.2 Å². The third kappa shape index (κ3) is 5.31. The van der Waals surface area contributed by atoms with Gasteiger partial charge in [0.25, 0.3) is 0 Å². The van der Waals surface area contributed by atoms with Crippen molar-refractivity contribution in [3.63, 3.8) is 0 Å². The van der Waals surface area contributed by atoms with Crippen molar-refractivity contribution in [3.05, 3.63) is 66.0 Å². The van der Waals surface area contributed by atoms with Gasteiger partial charge in [-0.1, -0.05) is 36.4 Å². The number of likely N-dealkylation sites (tertiary alicyclic amines) is 1. The van der Waals surface area contributed by atoms with Gasteiger partial charge in [-0.05, 0) is 43.4 Å². The lowest BCUT2D eigenvalue weighted by atomic mass is 9.91. The van der Waals surface area contributed by atoms with Gasteiger partial charge in [0.2, 0.25) is 5.91 Å². The zero-order valence-corrected chi connectivity index (χ0v) is 16.2. The summed E-state index contributed by atoms with van der Waals surface area (Å²) >= 11 is 0. The zero-order chi connectivity index (χ0) is 19.8. The Balaban J connectivity index is 1.63. The van der Waals surface area contributed by atoms with Crippen molar-refractivity contribution >= 4 is 12.0 Å². The summed E-state index contributed by atoms with van der Waals surface area (Å²) in [6, 6.07) is 13.8. The molecular formula is C22H27N3O3. The summed E-state index contributed by atoms with van der Waals surface area (Å²) < 4.78 is 5.05. The maximum absolute atomic E-state index is 13.1. The summed E-state index contributed by atoms with van der Waals surface area (Å²) in [5, 5.41) is 3.19. The highest BCUT2D eigenvalue weighted by molar-refractivity contribution is 5.84. The maximum Gasteiger partial charge on any atom is 0.409 e. The molecule has 1 N–H and O–H groups in total. The molecule has 1 saturated heterocycles. The fourth-order valence-corrected chi connectivity index (χ4v) is 3.52. The second-order valence-corrected chi connectivity index (χ2v) is 7.00. The van der Waals surface area contributed by atoms with Gasteiger partial charge < -0.3 is 15.0 Å². The molecule has 1 atom stereocenters. The smallest absolute Gasteiger partial charge is 0.409 e. The fraction of sp³-hybridized carbons (Fsp3) is 0.409. The Kier molecular flexibility index (Phi) is 7.00. The summed E-state index contributed by atoms with van der Waals surface area (Å²) in [5.41, 5.74) is 2.02. The second-order valence-electron chi connectivity index (χ2n) is 7.00. The van der Waals surface area contributed by atoms with Crippen LogP contribution in [0.2, 0.25) is 0 Å². The quantitative estimate of drug-likeness (QED) is 0.834. The van der Waals surface area contributed by atoms with Gasteiger partial charge in [-0.3, -0.25) is 9.78 Å². The van der Waals surface area contributed by atoms with Crippen LogP contribution in [-0.2, 0) is 16.0 Å². The lowest BCUT2D eigenvalue weighted by Crippen LogP contribution is -2.47. The third-order valence-electron chi connectivity index (χ3n) is 5.05. The first-order valence-corrected chi connectivity index (χ1v) is 9.83. The Morgan fingerprint density at radius 2 is 1.93 bits per heavy atom. The third-order valence-corrected chi connectivity index (χ3v) is 5.05. The van der Waals surface area contributed by atoms with E-state index in [9.17, 15) is 9.59 Å². The highest BCUT2D eigenvalue weighted by Crippen LogP contribution is 2.22. The molecule has 2 heterocycles. The fourth-order valence-electron chi connectivity index (χ4n) is 3.52. The molecule has 28 heavy (non-hydrogen) atoms. The molecule has 1 aromatic heterocycles. The van der Waals surface area contributed by atoms with Crippen LogP contribution in [0, 0.1) is 0 Å². The van der Waals surface area contributed by atoms with Crippen molar-refractivity contribution in [2.75, 3.05) is 19.7 Å². The van der Waals surface area contributed by atoms with E-state index in [1.165, 1.54) is 0 Å². The van der Waals surface area contributed by atoms with Gasteiger partial charge in [-0.15, -0.1) is 0 Å². The minimum Gasteiger partial charge on any atom is -0.450 e. The standard InChI is InChI=1S/C22H27N3O3/c1-2-28-22(27)25-13-10-19(11-14-25)24-21(26)20(18-8-4-3-5-9-18)15-17-7-6-12-23-16-17/h3-9,12,16,19-20H,2,10-11,13-15H2,1H3,(H,24,26). The maximum atomic E-state index is 13.1.